The second kappa shape index (κ2) is 11.0. The maximum atomic E-state index is 13.6. The van der Waals surface area contributed by atoms with Gasteiger partial charge in [-0.05, 0) is 69.2 Å². The zero-order valence-corrected chi connectivity index (χ0v) is 19.0. The molecule has 176 valence electrons. The van der Waals surface area contributed by atoms with Crippen molar-refractivity contribution in [3.05, 3.63) is 41.2 Å². The fourth-order valence-corrected chi connectivity index (χ4v) is 5.48. The second-order valence-electron chi connectivity index (χ2n) is 8.03. The van der Waals surface area contributed by atoms with Gasteiger partial charge in [0, 0.05) is 13.1 Å². The molecule has 0 radical (unpaired) electrons. The zero-order valence-electron chi connectivity index (χ0n) is 18.2. The summed E-state index contributed by atoms with van der Waals surface area (Å²) in [6, 6.07) is 3.58. The van der Waals surface area contributed by atoms with Crippen LogP contribution >= 0.6 is 0 Å². The first-order valence-electron chi connectivity index (χ1n) is 10.9. The van der Waals surface area contributed by atoms with Crippen LogP contribution in [0.1, 0.15) is 44.1 Å². The first-order chi connectivity index (χ1) is 15.3. The van der Waals surface area contributed by atoms with E-state index in [1.807, 2.05) is 0 Å². The molecule has 0 aromatic heterocycles. The second-order valence-corrected chi connectivity index (χ2v) is 9.92. The molecule has 32 heavy (non-hydrogen) atoms. The Bertz CT molecular complexity index is 980. The molecule has 0 spiro atoms. The molecular weight excluding hydrogens is 437 g/mol. The largest absolute Gasteiger partial charge is 0.360 e. The molecule has 1 saturated heterocycles. The number of allylic oxidation sites excluding steroid dienone is 1. The van der Waals surface area contributed by atoms with Gasteiger partial charge < -0.3 is 15.4 Å². The third kappa shape index (κ3) is 6.14. The topological polar surface area (TPSA) is 105 Å². The van der Waals surface area contributed by atoms with Gasteiger partial charge in [-0.25, -0.2) is 12.8 Å². The monoisotopic (exact) mass is 467 g/mol. The van der Waals surface area contributed by atoms with Crippen LogP contribution in [0.5, 0.6) is 0 Å². The van der Waals surface area contributed by atoms with Crippen LogP contribution in [0.4, 0.5) is 4.39 Å². The molecule has 1 atom stereocenters. The molecule has 0 saturated carbocycles. The van der Waals surface area contributed by atoms with Crippen LogP contribution in [-0.4, -0.2) is 57.0 Å². The van der Waals surface area contributed by atoms with E-state index in [2.05, 4.69) is 16.7 Å². The van der Waals surface area contributed by atoms with Crippen LogP contribution in [-0.2, 0) is 24.3 Å². The summed E-state index contributed by atoms with van der Waals surface area (Å²) in [6.45, 7) is 2.22. The Hall–Kier alpha value is -2.30. The summed E-state index contributed by atoms with van der Waals surface area (Å²) in [7, 11) is -3.96. The molecule has 1 aliphatic heterocycles. The average Bonchev–Trinajstić information content (AvgIpc) is 2.80. The van der Waals surface area contributed by atoms with Crippen molar-refractivity contribution < 1.29 is 27.1 Å². The van der Waals surface area contributed by atoms with Crippen molar-refractivity contribution in [2.24, 2.45) is 0 Å². The van der Waals surface area contributed by atoms with Crippen molar-refractivity contribution in [3.8, 4) is 0 Å². The first-order valence-corrected chi connectivity index (χ1v) is 12.4. The van der Waals surface area contributed by atoms with E-state index in [0.717, 1.165) is 29.6 Å². The van der Waals surface area contributed by atoms with Crippen molar-refractivity contribution in [2.75, 3.05) is 26.2 Å². The highest BCUT2D eigenvalue weighted by Gasteiger charge is 2.35. The van der Waals surface area contributed by atoms with Crippen molar-refractivity contribution in [3.63, 3.8) is 0 Å². The van der Waals surface area contributed by atoms with Crippen LogP contribution in [0.15, 0.2) is 34.7 Å². The third-order valence-electron chi connectivity index (χ3n) is 5.65. The van der Waals surface area contributed by atoms with E-state index in [9.17, 15) is 22.4 Å². The number of sulfonamides is 1. The number of benzene rings is 1. The van der Waals surface area contributed by atoms with Crippen LogP contribution in [0.3, 0.4) is 0 Å². The number of carbonyl (C=O) groups is 2. The summed E-state index contributed by atoms with van der Waals surface area (Å²) in [5.41, 5.74) is 1.51. The molecule has 10 heteroatoms. The molecular formula is C22H30FN3O5S. The highest BCUT2D eigenvalue weighted by Crippen LogP contribution is 2.23. The minimum Gasteiger partial charge on any atom is -0.360 e. The molecule has 2 amide bonds. The van der Waals surface area contributed by atoms with Gasteiger partial charge in [0.05, 0.1) is 18.0 Å². The zero-order chi connectivity index (χ0) is 23.1. The van der Waals surface area contributed by atoms with Gasteiger partial charge >= 0.3 is 11.8 Å². The summed E-state index contributed by atoms with van der Waals surface area (Å²) in [5.74, 6) is -2.10. The minimum atomic E-state index is -3.96. The standard InChI is InChI=1S/C22H30FN3O5S/c1-16-14-18(8-9-19(16)23)32(29,30)26-12-5-13-31-20(26)15-25-22(28)21(27)24-11-10-17-6-3-2-4-7-17/h6,8-9,14,20H,2-5,7,10-13,15H2,1H3,(H,24,27)(H,25,28)/t20-/m0/s1. The molecule has 2 aliphatic rings. The molecule has 1 aromatic rings. The minimum absolute atomic E-state index is 0.0482. The number of hydrogen-bond acceptors (Lipinski definition) is 5. The molecule has 1 aromatic carbocycles. The fraction of sp³-hybridized carbons (Fsp3) is 0.545. The molecule has 0 unspecified atom stereocenters. The molecule has 3 rings (SSSR count). The van der Waals surface area contributed by atoms with Gasteiger partial charge in [-0.3, -0.25) is 9.59 Å². The van der Waals surface area contributed by atoms with Crippen molar-refractivity contribution >= 4 is 21.8 Å². The summed E-state index contributed by atoms with van der Waals surface area (Å²) < 4.78 is 46.4. The summed E-state index contributed by atoms with van der Waals surface area (Å²) in [5, 5.41) is 5.05. The molecule has 1 heterocycles. The maximum Gasteiger partial charge on any atom is 0.309 e. The Morgan fingerprint density at radius 2 is 1.97 bits per heavy atom. The van der Waals surface area contributed by atoms with Crippen molar-refractivity contribution in [1.82, 2.24) is 14.9 Å². The van der Waals surface area contributed by atoms with Crippen LogP contribution in [0.25, 0.3) is 0 Å². The number of aryl methyl sites for hydroxylation is 1. The van der Waals surface area contributed by atoms with E-state index in [1.165, 1.54) is 31.1 Å². The number of amides is 2. The number of ether oxygens (including phenoxy) is 1. The highest BCUT2D eigenvalue weighted by atomic mass is 32.2. The summed E-state index contributed by atoms with van der Waals surface area (Å²) >= 11 is 0. The van der Waals surface area contributed by atoms with Gasteiger partial charge in [0.2, 0.25) is 10.0 Å². The lowest BCUT2D eigenvalue weighted by Gasteiger charge is -2.34. The Labute approximate surface area is 188 Å². The molecule has 1 aliphatic carbocycles. The smallest absolute Gasteiger partial charge is 0.309 e. The summed E-state index contributed by atoms with van der Waals surface area (Å²) in [6.07, 6.45) is 6.86. The lowest BCUT2D eigenvalue weighted by molar-refractivity contribution is -0.140. The SMILES string of the molecule is Cc1cc(S(=O)(=O)N2CCCO[C@H]2CNC(=O)C(=O)NCCC2=CCCCC2)ccc1F. The highest BCUT2D eigenvalue weighted by molar-refractivity contribution is 7.89. The Kier molecular flexibility index (Phi) is 8.38. The number of carbonyl (C=O) groups excluding carboxylic acids is 2. The molecule has 0 bridgehead atoms. The number of nitrogens with one attached hydrogen (secondary N) is 2. The van der Waals surface area contributed by atoms with E-state index in [1.54, 1.807) is 0 Å². The Morgan fingerprint density at radius 3 is 2.69 bits per heavy atom. The van der Waals surface area contributed by atoms with Gasteiger partial charge in [0.25, 0.3) is 0 Å². The lowest BCUT2D eigenvalue weighted by atomic mass is 9.97. The predicted octanol–water partition coefficient (Wildman–Crippen LogP) is 1.99. The predicted molar refractivity (Wildman–Crippen MR) is 117 cm³/mol. The van der Waals surface area contributed by atoms with Crippen molar-refractivity contribution in [1.29, 1.82) is 0 Å². The number of hydrogen-bond donors (Lipinski definition) is 2. The fourth-order valence-electron chi connectivity index (χ4n) is 3.82. The summed E-state index contributed by atoms with van der Waals surface area (Å²) in [4.78, 5) is 24.2. The molecule has 2 N–H and O–H groups in total. The number of halogens is 1. The van der Waals surface area contributed by atoms with Gasteiger partial charge in [-0.2, -0.15) is 4.31 Å². The number of rotatable bonds is 7. The normalized spacial score (nSPS) is 19.8. The Balaban J connectivity index is 1.55. The van der Waals surface area contributed by atoms with Crippen molar-refractivity contribution in [2.45, 2.75) is 56.6 Å². The molecule has 1 fully saturated rings. The van der Waals surface area contributed by atoms with Crippen LogP contribution < -0.4 is 10.6 Å². The third-order valence-corrected chi connectivity index (χ3v) is 7.54. The van der Waals surface area contributed by atoms with E-state index >= 15 is 0 Å². The van der Waals surface area contributed by atoms with Gasteiger partial charge in [0.1, 0.15) is 12.0 Å². The average molecular weight is 468 g/mol. The van der Waals surface area contributed by atoms with E-state index in [4.69, 9.17) is 4.74 Å². The quantitative estimate of drug-likeness (QED) is 0.471. The van der Waals surface area contributed by atoms with E-state index in [-0.39, 0.29) is 23.5 Å². The first kappa shape index (κ1) is 24.3. The van der Waals surface area contributed by atoms with Gasteiger partial charge in [-0.15, -0.1) is 0 Å². The van der Waals surface area contributed by atoms with E-state index in [0.29, 0.717) is 26.0 Å². The van der Waals surface area contributed by atoms with Gasteiger partial charge in [-0.1, -0.05) is 11.6 Å². The van der Waals surface area contributed by atoms with Crippen LogP contribution in [0.2, 0.25) is 0 Å². The van der Waals surface area contributed by atoms with Gasteiger partial charge in [0.15, 0.2) is 0 Å². The lowest BCUT2D eigenvalue weighted by Crippen LogP contribution is -2.53. The van der Waals surface area contributed by atoms with E-state index < -0.39 is 33.9 Å². The number of nitrogens with zero attached hydrogens (tertiary/aromatic N) is 1. The molecule has 8 nitrogen and oxygen atoms in total. The maximum absolute atomic E-state index is 13.6. The van der Waals surface area contributed by atoms with Crippen LogP contribution in [0, 0.1) is 12.7 Å². The Morgan fingerprint density at radius 1 is 1.19 bits per heavy atom.